The van der Waals surface area contributed by atoms with E-state index in [0.717, 1.165) is 5.69 Å². The summed E-state index contributed by atoms with van der Waals surface area (Å²) in [6, 6.07) is 4.98. The van der Waals surface area contributed by atoms with Crippen LogP contribution in [0.15, 0.2) is 18.2 Å². The number of rotatable bonds is 3. The van der Waals surface area contributed by atoms with E-state index in [9.17, 15) is 4.39 Å². The van der Waals surface area contributed by atoms with Gasteiger partial charge in [-0.15, -0.1) is 12.4 Å². The van der Waals surface area contributed by atoms with Crippen LogP contribution in [0.1, 0.15) is 5.56 Å². The summed E-state index contributed by atoms with van der Waals surface area (Å²) in [5.74, 6) is -0.233. The van der Waals surface area contributed by atoms with Gasteiger partial charge in [0, 0.05) is 25.4 Å². The Bertz CT molecular complexity index is 268. The number of anilines is 1. The highest BCUT2D eigenvalue weighted by molar-refractivity contribution is 5.85. The molecule has 0 aromatic heterocycles. The van der Waals surface area contributed by atoms with Crippen LogP contribution in [0.3, 0.4) is 0 Å². The van der Waals surface area contributed by atoms with Crippen LogP contribution in [-0.2, 0) is 11.3 Å². The van der Waals surface area contributed by atoms with Crippen molar-refractivity contribution < 1.29 is 9.13 Å². The van der Waals surface area contributed by atoms with Gasteiger partial charge in [-0.3, -0.25) is 0 Å². The number of halogens is 2. The van der Waals surface area contributed by atoms with E-state index >= 15 is 0 Å². The summed E-state index contributed by atoms with van der Waals surface area (Å²) in [4.78, 5) is 0. The highest BCUT2D eigenvalue weighted by Gasteiger charge is 2.01. The van der Waals surface area contributed by atoms with Gasteiger partial charge < -0.3 is 10.1 Å². The third kappa shape index (κ3) is 3.20. The highest BCUT2D eigenvalue weighted by atomic mass is 35.5. The fourth-order valence-electron chi connectivity index (χ4n) is 0.975. The number of benzene rings is 1. The zero-order chi connectivity index (χ0) is 8.97. The minimum Gasteiger partial charge on any atom is -0.388 e. The van der Waals surface area contributed by atoms with Gasteiger partial charge in [-0.05, 0) is 12.1 Å². The Morgan fingerprint density at radius 1 is 1.46 bits per heavy atom. The van der Waals surface area contributed by atoms with Gasteiger partial charge in [0.1, 0.15) is 5.82 Å². The Hall–Kier alpha value is -0.800. The van der Waals surface area contributed by atoms with Gasteiger partial charge in [0.05, 0.1) is 6.61 Å². The van der Waals surface area contributed by atoms with Gasteiger partial charge >= 0.3 is 0 Å². The average molecular weight is 206 g/mol. The molecule has 1 aromatic rings. The Morgan fingerprint density at radius 2 is 2.15 bits per heavy atom. The first-order valence-corrected chi connectivity index (χ1v) is 3.73. The SMILES string of the molecule is CNc1ccc(COC)c(F)c1.Cl. The van der Waals surface area contributed by atoms with Crippen LogP contribution < -0.4 is 5.32 Å². The molecule has 0 saturated carbocycles. The van der Waals surface area contributed by atoms with Crippen molar-refractivity contribution in [2.45, 2.75) is 6.61 Å². The van der Waals surface area contributed by atoms with Crippen LogP contribution >= 0.6 is 12.4 Å². The zero-order valence-electron chi connectivity index (χ0n) is 7.63. The smallest absolute Gasteiger partial charge is 0.130 e. The van der Waals surface area contributed by atoms with Crippen LogP contribution in [0.25, 0.3) is 0 Å². The van der Waals surface area contributed by atoms with Crippen molar-refractivity contribution in [1.29, 1.82) is 0 Å². The van der Waals surface area contributed by atoms with Crippen molar-refractivity contribution >= 4 is 18.1 Å². The molecular formula is C9H13ClFNO. The lowest BCUT2D eigenvalue weighted by Crippen LogP contribution is -1.95. The van der Waals surface area contributed by atoms with Crippen LogP contribution in [0.5, 0.6) is 0 Å². The van der Waals surface area contributed by atoms with Crippen molar-refractivity contribution in [2.75, 3.05) is 19.5 Å². The number of hydrogen-bond donors (Lipinski definition) is 1. The molecule has 13 heavy (non-hydrogen) atoms. The second-order valence-electron chi connectivity index (χ2n) is 2.49. The molecular weight excluding hydrogens is 193 g/mol. The second kappa shape index (κ2) is 5.78. The van der Waals surface area contributed by atoms with E-state index in [4.69, 9.17) is 4.74 Å². The summed E-state index contributed by atoms with van der Waals surface area (Å²) >= 11 is 0. The van der Waals surface area contributed by atoms with Crippen LogP contribution in [-0.4, -0.2) is 14.2 Å². The molecule has 0 amide bonds. The zero-order valence-corrected chi connectivity index (χ0v) is 8.45. The van der Waals surface area contributed by atoms with Crippen molar-refractivity contribution in [3.63, 3.8) is 0 Å². The maximum Gasteiger partial charge on any atom is 0.130 e. The van der Waals surface area contributed by atoms with E-state index in [1.165, 1.54) is 6.07 Å². The quantitative estimate of drug-likeness (QED) is 0.819. The van der Waals surface area contributed by atoms with Gasteiger partial charge in [0.25, 0.3) is 0 Å². The first-order chi connectivity index (χ1) is 5.77. The molecule has 2 nitrogen and oxygen atoms in total. The third-order valence-electron chi connectivity index (χ3n) is 1.64. The van der Waals surface area contributed by atoms with E-state index in [0.29, 0.717) is 12.2 Å². The molecule has 0 saturated heterocycles. The molecule has 0 radical (unpaired) electrons. The molecule has 1 N–H and O–H groups in total. The molecule has 0 fully saturated rings. The average Bonchev–Trinajstić information content (AvgIpc) is 2.09. The lowest BCUT2D eigenvalue weighted by molar-refractivity contribution is 0.181. The lowest BCUT2D eigenvalue weighted by Gasteiger charge is -2.04. The molecule has 1 aromatic carbocycles. The Morgan fingerprint density at radius 3 is 2.62 bits per heavy atom. The largest absolute Gasteiger partial charge is 0.388 e. The van der Waals surface area contributed by atoms with Gasteiger partial charge in [-0.2, -0.15) is 0 Å². The third-order valence-corrected chi connectivity index (χ3v) is 1.64. The molecule has 0 spiro atoms. The van der Waals surface area contributed by atoms with Gasteiger partial charge in [-0.25, -0.2) is 4.39 Å². The topological polar surface area (TPSA) is 21.3 Å². The Balaban J connectivity index is 0.00000144. The normalized spacial score (nSPS) is 9.15. The van der Waals surface area contributed by atoms with Crippen molar-refractivity contribution in [1.82, 2.24) is 0 Å². The van der Waals surface area contributed by atoms with Crippen molar-refractivity contribution in [3.05, 3.63) is 29.6 Å². The van der Waals surface area contributed by atoms with Crippen LogP contribution in [0, 0.1) is 5.82 Å². The minimum atomic E-state index is -0.233. The highest BCUT2D eigenvalue weighted by Crippen LogP contribution is 2.14. The summed E-state index contributed by atoms with van der Waals surface area (Å²) in [6.45, 7) is 0.315. The fraction of sp³-hybridized carbons (Fsp3) is 0.333. The molecule has 0 atom stereocenters. The first kappa shape index (κ1) is 12.2. The molecule has 1 rings (SSSR count). The number of ether oxygens (including phenoxy) is 1. The van der Waals surface area contributed by atoms with Gasteiger partial charge in [0.2, 0.25) is 0 Å². The van der Waals surface area contributed by atoms with Crippen molar-refractivity contribution in [3.8, 4) is 0 Å². The first-order valence-electron chi connectivity index (χ1n) is 3.73. The predicted molar refractivity (Wildman–Crippen MR) is 53.9 cm³/mol. The molecule has 0 aliphatic heterocycles. The van der Waals surface area contributed by atoms with Gasteiger partial charge in [0.15, 0.2) is 0 Å². The Labute approximate surface area is 83.5 Å². The summed E-state index contributed by atoms with van der Waals surface area (Å²) in [5.41, 5.74) is 1.35. The summed E-state index contributed by atoms with van der Waals surface area (Å²) in [5, 5.41) is 2.86. The lowest BCUT2D eigenvalue weighted by atomic mass is 10.2. The van der Waals surface area contributed by atoms with Crippen LogP contribution in [0.4, 0.5) is 10.1 Å². The molecule has 74 valence electrons. The monoisotopic (exact) mass is 205 g/mol. The summed E-state index contributed by atoms with van der Waals surface area (Å²) in [6.07, 6.45) is 0. The fourth-order valence-corrected chi connectivity index (χ4v) is 0.975. The minimum absolute atomic E-state index is 0. The predicted octanol–water partition coefficient (Wildman–Crippen LogP) is 2.44. The van der Waals surface area contributed by atoms with E-state index in [1.807, 2.05) is 6.07 Å². The maximum absolute atomic E-state index is 13.1. The van der Waals surface area contributed by atoms with Crippen LogP contribution in [0.2, 0.25) is 0 Å². The standard InChI is InChI=1S/C9H12FNO.ClH/c1-11-8-4-3-7(6-12-2)9(10)5-8;/h3-5,11H,6H2,1-2H3;1H. The number of methoxy groups -OCH3 is 1. The van der Waals surface area contributed by atoms with E-state index in [2.05, 4.69) is 5.32 Å². The molecule has 0 unspecified atom stereocenters. The Kier molecular flexibility index (Phi) is 5.42. The molecule has 0 aliphatic rings. The summed E-state index contributed by atoms with van der Waals surface area (Å²) in [7, 11) is 3.30. The molecule has 0 aliphatic carbocycles. The number of nitrogens with one attached hydrogen (secondary N) is 1. The van der Waals surface area contributed by atoms with Crippen molar-refractivity contribution in [2.24, 2.45) is 0 Å². The van der Waals surface area contributed by atoms with E-state index in [-0.39, 0.29) is 18.2 Å². The van der Waals surface area contributed by atoms with E-state index < -0.39 is 0 Å². The summed E-state index contributed by atoms with van der Waals surface area (Å²) < 4.78 is 17.9. The second-order valence-corrected chi connectivity index (χ2v) is 2.49. The molecule has 4 heteroatoms. The maximum atomic E-state index is 13.1. The van der Waals surface area contributed by atoms with E-state index in [1.54, 1.807) is 20.2 Å². The molecule has 0 bridgehead atoms. The number of hydrogen-bond acceptors (Lipinski definition) is 2. The molecule has 0 heterocycles. The van der Waals surface area contributed by atoms with Gasteiger partial charge in [-0.1, -0.05) is 6.07 Å².